The molecule has 1 amide bonds. The summed E-state index contributed by atoms with van der Waals surface area (Å²) in [6.07, 6.45) is 7.87. The van der Waals surface area contributed by atoms with Gasteiger partial charge in [0.25, 0.3) is 5.91 Å². The van der Waals surface area contributed by atoms with Crippen LogP contribution in [0.4, 0.5) is 10.2 Å². The number of carbonyl (C=O) groups is 1. The van der Waals surface area contributed by atoms with Crippen LogP contribution in [0.3, 0.4) is 0 Å². The molecule has 2 aliphatic heterocycles. The highest BCUT2D eigenvalue weighted by molar-refractivity contribution is 6.03. The van der Waals surface area contributed by atoms with Crippen molar-refractivity contribution in [3.8, 4) is 0 Å². The second-order valence-electron chi connectivity index (χ2n) is 6.49. The number of aromatic nitrogens is 1. The standard InChI is InChI=1S/C19H20FN3O/c20-16-5-3-13(4-6-16)19(24)22-18-11-15(12-21-18)14-7-9-23-8-1-2-17(23)10-14/h3-7,11-12,17,21H,1-2,8-10H2,(H,22,24). The Morgan fingerprint density at radius 2 is 2.12 bits per heavy atom. The third-order valence-corrected chi connectivity index (χ3v) is 4.94. The van der Waals surface area contributed by atoms with Crippen molar-refractivity contribution >= 4 is 17.3 Å². The highest BCUT2D eigenvalue weighted by Gasteiger charge is 2.28. The molecule has 0 radical (unpaired) electrons. The van der Waals surface area contributed by atoms with Gasteiger partial charge < -0.3 is 10.3 Å². The van der Waals surface area contributed by atoms with Gasteiger partial charge in [0.05, 0.1) is 0 Å². The summed E-state index contributed by atoms with van der Waals surface area (Å²) in [6, 6.07) is 8.17. The number of H-pyrrole nitrogens is 1. The maximum Gasteiger partial charge on any atom is 0.256 e. The molecule has 4 rings (SSSR count). The van der Waals surface area contributed by atoms with Gasteiger partial charge in [0.15, 0.2) is 0 Å². The monoisotopic (exact) mass is 325 g/mol. The first-order chi connectivity index (χ1) is 11.7. The lowest BCUT2D eigenvalue weighted by molar-refractivity contribution is 0.102. The number of halogens is 1. The van der Waals surface area contributed by atoms with Crippen LogP contribution in [0.25, 0.3) is 5.57 Å². The molecule has 1 saturated heterocycles. The van der Waals surface area contributed by atoms with E-state index in [1.807, 2.05) is 12.3 Å². The Kier molecular flexibility index (Phi) is 3.94. The number of nitrogens with one attached hydrogen (secondary N) is 2. The van der Waals surface area contributed by atoms with Crippen LogP contribution >= 0.6 is 0 Å². The Morgan fingerprint density at radius 1 is 1.29 bits per heavy atom. The summed E-state index contributed by atoms with van der Waals surface area (Å²) in [5.74, 6) is 0.0657. The summed E-state index contributed by atoms with van der Waals surface area (Å²) in [4.78, 5) is 17.8. The predicted molar refractivity (Wildman–Crippen MR) is 92.3 cm³/mol. The van der Waals surface area contributed by atoms with Gasteiger partial charge in [-0.05, 0) is 67.3 Å². The van der Waals surface area contributed by atoms with Crippen molar-refractivity contribution in [1.82, 2.24) is 9.88 Å². The lowest BCUT2D eigenvalue weighted by Crippen LogP contribution is -2.32. The summed E-state index contributed by atoms with van der Waals surface area (Å²) < 4.78 is 12.9. The van der Waals surface area contributed by atoms with E-state index in [9.17, 15) is 9.18 Å². The van der Waals surface area contributed by atoms with E-state index in [1.165, 1.54) is 49.2 Å². The van der Waals surface area contributed by atoms with Crippen molar-refractivity contribution in [2.24, 2.45) is 0 Å². The fourth-order valence-electron chi connectivity index (χ4n) is 3.61. The number of carbonyl (C=O) groups excluding carboxylic acids is 1. The lowest BCUT2D eigenvalue weighted by atomic mass is 9.96. The SMILES string of the molecule is O=C(Nc1cc(C2=CCN3CCCC3C2)c[nH]1)c1ccc(F)cc1. The van der Waals surface area contributed by atoms with Crippen LogP contribution in [0.2, 0.25) is 0 Å². The summed E-state index contributed by atoms with van der Waals surface area (Å²) in [5.41, 5.74) is 2.92. The van der Waals surface area contributed by atoms with Gasteiger partial charge in [-0.15, -0.1) is 0 Å². The van der Waals surface area contributed by atoms with E-state index in [4.69, 9.17) is 0 Å². The highest BCUT2D eigenvalue weighted by atomic mass is 19.1. The van der Waals surface area contributed by atoms with Crippen molar-refractivity contribution in [3.05, 3.63) is 59.5 Å². The minimum Gasteiger partial charge on any atom is -0.348 e. The number of hydrogen-bond acceptors (Lipinski definition) is 2. The van der Waals surface area contributed by atoms with E-state index in [1.54, 1.807) is 0 Å². The topological polar surface area (TPSA) is 48.1 Å². The molecule has 1 fully saturated rings. The zero-order chi connectivity index (χ0) is 16.5. The minimum atomic E-state index is -0.348. The van der Waals surface area contributed by atoms with Gasteiger partial charge in [0.1, 0.15) is 11.6 Å². The summed E-state index contributed by atoms with van der Waals surface area (Å²) in [7, 11) is 0. The van der Waals surface area contributed by atoms with Crippen LogP contribution in [0.15, 0.2) is 42.6 Å². The first-order valence-electron chi connectivity index (χ1n) is 8.38. The molecule has 5 heteroatoms. The van der Waals surface area contributed by atoms with Crippen LogP contribution in [-0.4, -0.2) is 34.9 Å². The second-order valence-corrected chi connectivity index (χ2v) is 6.49. The molecule has 0 bridgehead atoms. The largest absolute Gasteiger partial charge is 0.348 e. The predicted octanol–water partition coefficient (Wildman–Crippen LogP) is 3.66. The van der Waals surface area contributed by atoms with Gasteiger partial charge >= 0.3 is 0 Å². The smallest absolute Gasteiger partial charge is 0.256 e. The van der Waals surface area contributed by atoms with Crippen LogP contribution in [0.5, 0.6) is 0 Å². The molecular weight excluding hydrogens is 305 g/mol. The maximum absolute atomic E-state index is 12.9. The normalized spacial score (nSPS) is 20.5. The summed E-state index contributed by atoms with van der Waals surface area (Å²) >= 11 is 0. The van der Waals surface area contributed by atoms with Gasteiger partial charge in [-0.3, -0.25) is 9.69 Å². The molecule has 1 aromatic heterocycles. The van der Waals surface area contributed by atoms with Crippen LogP contribution in [-0.2, 0) is 0 Å². The number of aromatic amines is 1. The number of benzene rings is 1. The molecule has 2 aliphatic rings. The second kappa shape index (κ2) is 6.24. The number of fused-ring (bicyclic) bond motifs is 1. The molecular formula is C19H20FN3O. The molecule has 4 nitrogen and oxygen atoms in total. The Bertz CT molecular complexity index is 778. The van der Waals surface area contributed by atoms with Gasteiger partial charge in [-0.1, -0.05) is 6.08 Å². The van der Waals surface area contributed by atoms with E-state index in [0.717, 1.165) is 18.5 Å². The Balaban J connectivity index is 1.45. The first-order valence-corrected chi connectivity index (χ1v) is 8.38. The van der Waals surface area contributed by atoms with Gasteiger partial charge in [-0.2, -0.15) is 0 Å². The molecule has 3 heterocycles. The third-order valence-electron chi connectivity index (χ3n) is 4.94. The zero-order valence-electron chi connectivity index (χ0n) is 13.4. The van der Waals surface area contributed by atoms with Crippen molar-refractivity contribution in [1.29, 1.82) is 0 Å². The van der Waals surface area contributed by atoms with Crippen LogP contribution in [0.1, 0.15) is 35.2 Å². The molecule has 124 valence electrons. The number of anilines is 1. The molecule has 1 atom stereocenters. The molecule has 1 unspecified atom stereocenters. The number of amides is 1. The molecule has 2 aromatic rings. The van der Waals surface area contributed by atoms with E-state index in [0.29, 0.717) is 17.4 Å². The van der Waals surface area contributed by atoms with Crippen molar-refractivity contribution in [2.45, 2.75) is 25.3 Å². The van der Waals surface area contributed by atoms with E-state index in [2.05, 4.69) is 21.3 Å². The number of nitrogens with zero attached hydrogens (tertiary/aromatic N) is 1. The van der Waals surface area contributed by atoms with E-state index >= 15 is 0 Å². The lowest BCUT2D eigenvalue weighted by Gasteiger charge is -2.28. The quantitative estimate of drug-likeness (QED) is 0.905. The fourth-order valence-corrected chi connectivity index (χ4v) is 3.61. The highest BCUT2D eigenvalue weighted by Crippen LogP contribution is 2.32. The van der Waals surface area contributed by atoms with E-state index < -0.39 is 0 Å². The number of hydrogen-bond donors (Lipinski definition) is 2. The van der Waals surface area contributed by atoms with Gasteiger partial charge in [0, 0.05) is 24.3 Å². The molecule has 0 saturated carbocycles. The Hall–Kier alpha value is -2.40. The fraction of sp³-hybridized carbons (Fsp3) is 0.316. The zero-order valence-corrected chi connectivity index (χ0v) is 13.4. The molecule has 1 aromatic carbocycles. The van der Waals surface area contributed by atoms with Crippen LogP contribution in [0, 0.1) is 5.82 Å². The molecule has 2 N–H and O–H groups in total. The average Bonchev–Trinajstić information content (AvgIpc) is 3.23. The number of rotatable bonds is 3. The van der Waals surface area contributed by atoms with Crippen molar-refractivity contribution in [3.63, 3.8) is 0 Å². The Morgan fingerprint density at radius 3 is 2.96 bits per heavy atom. The minimum absolute atomic E-state index is 0.247. The molecule has 0 aliphatic carbocycles. The molecule has 24 heavy (non-hydrogen) atoms. The maximum atomic E-state index is 12.9. The van der Waals surface area contributed by atoms with Crippen LogP contribution < -0.4 is 5.32 Å². The molecule has 0 spiro atoms. The van der Waals surface area contributed by atoms with Crippen molar-refractivity contribution < 1.29 is 9.18 Å². The van der Waals surface area contributed by atoms with E-state index in [-0.39, 0.29) is 11.7 Å². The Labute approximate surface area is 140 Å². The first kappa shape index (κ1) is 15.1. The summed E-state index contributed by atoms with van der Waals surface area (Å²) in [6.45, 7) is 2.23. The van der Waals surface area contributed by atoms with Gasteiger partial charge in [-0.25, -0.2) is 4.39 Å². The third kappa shape index (κ3) is 2.99. The van der Waals surface area contributed by atoms with Gasteiger partial charge in [0.2, 0.25) is 0 Å². The van der Waals surface area contributed by atoms with Crippen molar-refractivity contribution in [2.75, 3.05) is 18.4 Å². The average molecular weight is 325 g/mol. The summed E-state index contributed by atoms with van der Waals surface area (Å²) in [5, 5.41) is 2.83.